The van der Waals surface area contributed by atoms with Crippen LogP contribution in [0.2, 0.25) is 0 Å². The fraction of sp³-hybridized carbons (Fsp3) is 0.273. The minimum atomic E-state index is -0.000781. The molecule has 1 aromatic rings. The van der Waals surface area contributed by atoms with Gasteiger partial charge in [0.1, 0.15) is 24.3 Å². The second kappa shape index (κ2) is 5.54. The van der Waals surface area contributed by atoms with E-state index in [1.54, 1.807) is 16.9 Å². The smallest absolute Gasteiger partial charge is 0.139 e. The third kappa shape index (κ3) is 2.54. The first kappa shape index (κ1) is 11.0. The van der Waals surface area contributed by atoms with E-state index >= 15 is 0 Å². The maximum atomic E-state index is 5.30. The van der Waals surface area contributed by atoms with Gasteiger partial charge in [0.2, 0.25) is 0 Å². The molecule has 2 rings (SSSR count). The maximum absolute atomic E-state index is 5.30. The first-order valence-corrected chi connectivity index (χ1v) is 5.69. The van der Waals surface area contributed by atoms with Crippen molar-refractivity contribution in [3.05, 3.63) is 30.1 Å². The summed E-state index contributed by atoms with van der Waals surface area (Å²) in [5.41, 5.74) is 1.09. The number of pyridine rings is 1. The molecule has 5 heteroatoms. The molecule has 0 amide bonds. The zero-order valence-electron chi connectivity index (χ0n) is 8.83. The van der Waals surface area contributed by atoms with Crippen LogP contribution in [-0.4, -0.2) is 15.7 Å². The van der Waals surface area contributed by atoms with Crippen LogP contribution in [0, 0.1) is 12.0 Å². The molecule has 1 unspecified atom stereocenters. The summed E-state index contributed by atoms with van der Waals surface area (Å²) in [6.45, 7) is 1.98. The van der Waals surface area contributed by atoms with E-state index in [4.69, 9.17) is 4.84 Å². The summed E-state index contributed by atoms with van der Waals surface area (Å²) in [6.07, 6.45) is 8.74. The largest absolute Gasteiger partial charge is 0.340 e. The van der Waals surface area contributed by atoms with Gasteiger partial charge in [0.15, 0.2) is 0 Å². The average Bonchev–Trinajstić information content (AvgIpc) is 2.79. The molecule has 2 heterocycles. The van der Waals surface area contributed by atoms with E-state index < -0.39 is 0 Å². The van der Waals surface area contributed by atoms with Crippen molar-refractivity contribution in [1.29, 1.82) is 0 Å². The molecule has 0 bridgehead atoms. The lowest BCUT2D eigenvalue weighted by atomic mass is 10.1. The highest BCUT2D eigenvalue weighted by molar-refractivity contribution is 7.96. The first-order valence-electron chi connectivity index (χ1n) is 4.96. The van der Waals surface area contributed by atoms with Crippen LogP contribution in [0.3, 0.4) is 0 Å². The Balaban J connectivity index is 2.06. The molecular formula is C11H11N3OS. The Morgan fingerprint density at radius 2 is 2.31 bits per heavy atom. The topological polar surface area (TPSA) is 37.7 Å². The molecule has 0 aromatic carbocycles. The van der Waals surface area contributed by atoms with Crippen molar-refractivity contribution in [2.24, 2.45) is 4.40 Å². The van der Waals surface area contributed by atoms with E-state index in [0.717, 1.165) is 12.0 Å². The van der Waals surface area contributed by atoms with Crippen LogP contribution in [0.15, 0.2) is 28.9 Å². The Morgan fingerprint density at radius 3 is 3.06 bits per heavy atom. The summed E-state index contributed by atoms with van der Waals surface area (Å²) in [6, 6.07) is 3.87. The van der Waals surface area contributed by atoms with Gasteiger partial charge < -0.3 is 4.84 Å². The van der Waals surface area contributed by atoms with E-state index in [2.05, 4.69) is 21.4 Å². The molecule has 0 aliphatic carbocycles. The minimum Gasteiger partial charge on any atom is -0.340 e. The number of aromatic nitrogens is 1. The molecular weight excluding hydrogens is 222 g/mol. The van der Waals surface area contributed by atoms with Crippen LogP contribution in [0.1, 0.15) is 24.9 Å². The van der Waals surface area contributed by atoms with Gasteiger partial charge in [-0.25, -0.2) is 4.40 Å². The molecule has 16 heavy (non-hydrogen) atoms. The maximum Gasteiger partial charge on any atom is 0.139 e. The number of rotatable bonds is 2. The first-order chi connectivity index (χ1) is 7.92. The van der Waals surface area contributed by atoms with Gasteiger partial charge in [0.25, 0.3) is 0 Å². The van der Waals surface area contributed by atoms with Crippen LogP contribution in [0.25, 0.3) is 0 Å². The Hall–Kier alpha value is -1.51. The van der Waals surface area contributed by atoms with Crippen LogP contribution in [-0.2, 0) is 4.84 Å². The molecule has 0 saturated carbocycles. The van der Waals surface area contributed by atoms with Gasteiger partial charge in [-0.3, -0.25) is 4.98 Å². The summed E-state index contributed by atoms with van der Waals surface area (Å²) in [5, 5.41) is 0. The summed E-state index contributed by atoms with van der Waals surface area (Å²) in [5.74, 6) is 2.85. The molecule has 1 aliphatic rings. The molecule has 0 radical (unpaired) electrons. The zero-order valence-corrected chi connectivity index (χ0v) is 9.65. The SMILES string of the molecule is CCC#CON1SN=CC1c1ccncc1. The molecule has 0 fully saturated rings. The van der Waals surface area contributed by atoms with Crippen LogP contribution < -0.4 is 0 Å². The van der Waals surface area contributed by atoms with E-state index in [-0.39, 0.29) is 6.04 Å². The van der Waals surface area contributed by atoms with Crippen molar-refractivity contribution in [3.8, 4) is 12.0 Å². The predicted molar refractivity (Wildman–Crippen MR) is 64.1 cm³/mol. The van der Waals surface area contributed by atoms with Gasteiger partial charge in [-0.2, -0.15) is 0 Å². The lowest BCUT2D eigenvalue weighted by Gasteiger charge is -2.16. The molecule has 1 atom stereocenters. The lowest BCUT2D eigenvalue weighted by molar-refractivity contribution is 0.00127. The van der Waals surface area contributed by atoms with Crippen molar-refractivity contribution in [2.75, 3.05) is 0 Å². The fourth-order valence-corrected chi connectivity index (χ4v) is 1.84. The van der Waals surface area contributed by atoms with Gasteiger partial charge >= 0.3 is 0 Å². The van der Waals surface area contributed by atoms with E-state index in [9.17, 15) is 0 Å². The number of hydrogen-bond acceptors (Lipinski definition) is 5. The molecule has 4 nitrogen and oxygen atoms in total. The lowest BCUT2D eigenvalue weighted by Crippen LogP contribution is -2.17. The summed E-state index contributed by atoms with van der Waals surface area (Å²) >= 11 is 1.25. The van der Waals surface area contributed by atoms with E-state index in [1.165, 1.54) is 12.1 Å². The van der Waals surface area contributed by atoms with Crippen molar-refractivity contribution in [3.63, 3.8) is 0 Å². The Kier molecular flexibility index (Phi) is 3.81. The molecule has 82 valence electrons. The van der Waals surface area contributed by atoms with Crippen molar-refractivity contribution < 1.29 is 4.84 Å². The predicted octanol–water partition coefficient (Wildman–Crippen LogP) is 2.37. The third-order valence-corrected chi connectivity index (χ3v) is 2.67. The summed E-state index contributed by atoms with van der Waals surface area (Å²) in [7, 11) is 0. The Bertz CT molecular complexity index is 424. The minimum absolute atomic E-state index is 0.000781. The quantitative estimate of drug-likeness (QED) is 0.580. The number of nitrogens with zero attached hydrogens (tertiary/aromatic N) is 3. The average molecular weight is 233 g/mol. The van der Waals surface area contributed by atoms with Crippen LogP contribution in [0.4, 0.5) is 0 Å². The van der Waals surface area contributed by atoms with Crippen LogP contribution in [0.5, 0.6) is 0 Å². The Labute approximate surface area is 99.0 Å². The summed E-state index contributed by atoms with van der Waals surface area (Å²) < 4.78 is 5.77. The van der Waals surface area contributed by atoms with Gasteiger partial charge in [0.05, 0.1) is 0 Å². The standard InChI is InChI=1S/C11H11N3OS/c1-2-3-8-15-14-11(9-13-16-14)10-4-6-12-7-5-10/h4-7,9,11H,2H2,1H3. The second-order valence-electron chi connectivity index (χ2n) is 3.07. The molecule has 1 aromatic heterocycles. The van der Waals surface area contributed by atoms with Gasteiger partial charge in [-0.1, -0.05) is 12.8 Å². The third-order valence-electron chi connectivity index (χ3n) is 1.99. The normalized spacial score (nSPS) is 19.2. The molecule has 0 saturated heterocycles. The molecule has 0 spiro atoms. The monoisotopic (exact) mass is 233 g/mol. The van der Waals surface area contributed by atoms with Crippen molar-refractivity contribution in [2.45, 2.75) is 19.4 Å². The highest BCUT2D eigenvalue weighted by Crippen LogP contribution is 2.31. The van der Waals surface area contributed by atoms with Crippen molar-refractivity contribution in [1.82, 2.24) is 9.45 Å². The highest BCUT2D eigenvalue weighted by atomic mass is 32.2. The molecule has 1 aliphatic heterocycles. The Morgan fingerprint density at radius 1 is 1.50 bits per heavy atom. The number of hydrogen-bond donors (Lipinski definition) is 0. The van der Waals surface area contributed by atoms with Gasteiger partial charge in [0, 0.05) is 25.0 Å². The zero-order chi connectivity index (χ0) is 11.2. The molecule has 0 N–H and O–H groups in total. The van der Waals surface area contributed by atoms with E-state index in [1.807, 2.05) is 25.3 Å². The fourth-order valence-electron chi connectivity index (χ4n) is 1.23. The summed E-state index contributed by atoms with van der Waals surface area (Å²) in [4.78, 5) is 9.28. The second-order valence-corrected chi connectivity index (χ2v) is 3.80. The van der Waals surface area contributed by atoms with Gasteiger partial charge in [-0.05, 0) is 22.2 Å². The highest BCUT2D eigenvalue weighted by Gasteiger charge is 2.25. The van der Waals surface area contributed by atoms with Gasteiger partial charge in [-0.15, -0.1) is 0 Å². The van der Waals surface area contributed by atoms with Crippen molar-refractivity contribution >= 4 is 18.3 Å². The van der Waals surface area contributed by atoms with Crippen LogP contribution >= 0.6 is 12.1 Å². The van der Waals surface area contributed by atoms with E-state index in [0.29, 0.717) is 0 Å². The number of hydroxylamine groups is 1.